The number of nitrogens with zero attached hydrogens (tertiary/aromatic N) is 1. The van der Waals surface area contributed by atoms with E-state index in [1.165, 1.54) is 12.4 Å². The van der Waals surface area contributed by atoms with E-state index in [0.717, 1.165) is 11.8 Å². The Labute approximate surface area is 104 Å². The molecule has 1 heterocycles. The first-order valence-electron chi connectivity index (χ1n) is 5.04. The Balaban J connectivity index is 2.78. The second-order valence-corrected chi connectivity index (χ2v) is 6.39. The molecule has 1 unspecified atom stereocenters. The average molecular weight is 310 g/mol. The van der Waals surface area contributed by atoms with Crippen LogP contribution in [-0.2, 0) is 10.0 Å². The zero-order valence-corrected chi connectivity index (χ0v) is 11.7. The van der Waals surface area contributed by atoms with Crippen molar-refractivity contribution in [2.45, 2.75) is 31.2 Å². The van der Waals surface area contributed by atoms with Gasteiger partial charge in [-0.05, 0) is 12.3 Å². The van der Waals surface area contributed by atoms with Gasteiger partial charge in [0.2, 0.25) is 10.0 Å². The van der Waals surface area contributed by atoms with Crippen molar-refractivity contribution in [3.63, 3.8) is 0 Å². The number of sulfonamides is 1. The molecule has 0 aliphatic carbocycles. The molecule has 0 aliphatic heterocycles. The van der Waals surface area contributed by atoms with Crippen molar-refractivity contribution in [2.75, 3.05) is 5.33 Å². The normalized spacial score (nSPS) is 14.2. The molecule has 0 saturated carbocycles. The van der Waals surface area contributed by atoms with E-state index < -0.39 is 10.0 Å². The lowest BCUT2D eigenvalue weighted by Crippen LogP contribution is -2.38. The van der Waals surface area contributed by atoms with Gasteiger partial charge in [0.25, 0.3) is 0 Å². The molecule has 92 valence electrons. The number of aromatic nitrogens is 2. The number of nitrogens with one attached hydrogen (secondary N) is 2. The Morgan fingerprint density at radius 2 is 2.25 bits per heavy atom. The fourth-order valence-corrected chi connectivity index (χ4v) is 3.12. The van der Waals surface area contributed by atoms with Crippen LogP contribution in [0.25, 0.3) is 0 Å². The van der Waals surface area contributed by atoms with E-state index in [9.17, 15) is 8.42 Å². The maximum Gasteiger partial charge on any atom is 0.243 e. The summed E-state index contributed by atoms with van der Waals surface area (Å²) in [5.41, 5.74) is 0. The zero-order chi connectivity index (χ0) is 12.2. The Bertz CT molecular complexity index is 402. The van der Waals surface area contributed by atoms with Gasteiger partial charge >= 0.3 is 0 Å². The fraction of sp³-hybridized carbons (Fsp3) is 0.667. The molecule has 2 N–H and O–H groups in total. The first-order valence-corrected chi connectivity index (χ1v) is 7.65. The van der Waals surface area contributed by atoms with Crippen molar-refractivity contribution >= 4 is 26.0 Å². The molecule has 0 fully saturated rings. The topological polar surface area (TPSA) is 74.8 Å². The Morgan fingerprint density at radius 1 is 1.56 bits per heavy atom. The minimum absolute atomic E-state index is 0.0701. The van der Waals surface area contributed by atoms with Gasteiger partial charge in [-0.1, -0.05) is 29.8 Å². The highest BCUT2D eigenvalue weighted by molar-refractivity contribution is 9.09. The van der Waals surface area contributed by atoms with E-state index in [1.807, 2.05) is 13.8 Å². The summed E-state index contributed by atoms with van der Waals surface area (Å²) < 4.78 is 26.5. The summed E-state index contributed by atoms with van der Waals surface area (Å²) in [6, 6.07) is -0.0701. The number of rotatable bonds is 6. The van der Waals surface area contributed by atoms with Gasteiger partial charge in [-0.3, -0.25) is 5.10 Å². The van der Waals surface area contributed by atoms with Crippen molar-refractivity contribution in [1.29, 1.82) is 0 Å². The molecule has 1 rings (SSSR count). The van der Waals surface area contributed by atoms with Gasteiger partial charge in [-0.15, -0.1) is 0 Å². The highest BCUT2D eigenvalue weighted by Crippen LogP contribution is 2.13. The minimum atomic E-state index is -3.45. The molecular weight excluding hydrogens is 294 g/mol. The highest BCUT2D eigenvalue weighted by Gasteiger charge is 2.22. The van der Waals surface area contributed by atoms with Crippen LogP contribution in [0.4, 0.5) is 0 Å². The summed E-state index contributed by atoms with van der Waals surface area (Å²) in [5.74, 6) is 0.249. The molecule has 0 amide bonds. The number of H-pyrrole nitrogens is 1. The number of aromatic amines is 1. The molecule has 1 atom stereocenters. The van der Waals surface area contributed by atoms with E-state index in [-0.39, 0.29) is 16.9 Å². The van der Waals surface area contributed by atoms with Crippen LogP contribution >= 0.6 is 15.9 Å². The molecule has 0 aliphatic rings. The molecule has 0 spiro atoms. The fourth-order valence-electron chi connectivity index (χ4n) is 1.30. The molecule has 0 aromatic carbocycles. The number of hydrogen-bond acceptors (Lipinski definition) is 3. The van der Waals surface area contributed by atoms with Gasteiger partial charge in [0, 0.05) is 17.6 Å². The van der Waals surface area contributed by atoms with Crippen LogP contribution < -0.4 is 4.72 Å². The summed E-state index contributed by atoms with van der Waals surface area (Å²) in [7, 11) is -3.45. The molecule has 5 nitrogen and oxygen atoms in total. The van der Waals surface area contributed by atoms with Crippen molar-refractivity contribution < 1.29 is 8.42 Å². The van der Waals surface area contributed by atoms with E-state index >= 15 is 0 Å². The third-order valence-electron chi connectivity index (χ3n) is 2.31. The zero-order valence-electron chi connectivity index (χ0n) is 9.27. The van der Waals surface area contributed by atoms with Gasteiger partial charge in [-0.25, -0.2) is 13.1 Å². The minimum Gasteiger partial charge on any atom is -0.284 e. The Kier molecular flexibility index (Phi) is 4.94. The third-order valence-corrected chi connectivity index (χ3v) is 4.23. The number of alkyl halides is 1. The number of halogens is 1. The quantitative estimate of drug-likeness (QED) is 0.782. The van der Waals surface area contributed by atoms with Crippen molar-refractivity contribution in [1.82, 2.24) is 14.9 Å². The van der Waals surface area contributed by atoms with Gasteiger partial charge in [-0.2, -0.15) is 5.10 Å². The van der Waals surface area contributed by atoms with Crippen LogP contribution in [0.3, 0.4) is 0 Å². The largest absolute Gasteiger partial charge is 0.284 e. The lowest BCUT2D eigenvalue weighted by atomic mass is 10.0. The Hall–Kier alpha value is -0.400. The lowest BCUT2D eigenvalue weighted by Gasteiger charge is -2.20. The van der Waals surface area contributed by atoms with E-state index in [0.29, 0.717) is 0 Å². The molecule has 1 aromatic rings. The molecule has 1 aromatic heterocycles. The van der Waals surface area contributed by atoms with Gasteiger partial charge < -0.3 is 0 Å². The van der Waals surface area contributed by atoms with Crippen LogP contribution in [0.5, 0.6) is 0 Å². The summed E-state index contributed by atoms with van der Waals surface area (Å²) in [5, 5.41) is 6.89. The summed E-state index contributed by atoms with van der Waals surface area (Å²) in [4.78, 5) is 0.174. The van der Waals surface area contributed by atoms with Gasteiger partial charge in [0.05, 0.1) is 6.20 Å². The summed E-state index contributed by atoms with van der Waals surface area (Å²) >= 11 is 3.32. The van der Waals surface area contributed by atoms with Gasteiger partial charge in [0.15, 0.2) is 0 Å². The van der Waals surface area contributed by atoms with E-state index in [1.54, 1.807) is 0 Å². The second-order valence-electron chi connectivity index (χ2n) is 3.88. The smallest absolute Gasteiger partial charge is 0.243 e. The number of hydrogen-bond donors (Lipinski definition) is 2. The van der Waals surface area contributed by atoms with Gasteiger partial charge in [0.1, 0.15) is 4.90 Å². The van der Waals surface area contributed by atoms with Crippen molar-refractivity contribution in [2.24, 2.45) is 5.92 Å². The standard InChI is InChI=1S/C9H16BrN3O2S/c1-7(2)9(3-4-10)13-16(14,15)8-5-11-12-6-8/h5-7,9,13H,3-4H2,1-2H3,(H,11,12). The first-order chi connectivity index (χ1) is 7.47. The van der Waals surface area contributed by atoms with Crippen LogP contribution in [0, 0.1) is 5.92 Å². The second kappa shape index (κ2) is 5.79. The van der Waals surface area contributed by atoms with Crippen molar-refractivity contribution in [3.8, 4) is 0 Å². The molecule has 7 heteroatoms. The van der Waals surface area contributed by atoms with Crippen LogP contribution in [0.2, 0.25) is 0 Å². The predicted octanol–water partition coefficient (Wildman–Crippen LogP) is 1.50. The molecule has 16 heavy (non-hydrogen) atoms. The maximum absolute atomic E-state index is 11.9. The molecular formula is C9H16BrN3O2S. The lowest BCUT2D eigenvalue weighted by molar-refractivity contribution is 0.440. The SMILES string of the molecule is CC(C)C(CCBr)NS(=O)(=O)c1cn[nH]c1. The predicted molar refractivity (Wildman–Crippen MR) is 65.9 cm³/mol. The third kappa shape index (κ3) is 3.57. The van der Waals surface area contributed by atoms with Crippen LogP contribution in [0.15, 0.2) is 17.3 Å². The van der Waals surface area contributed by atoms with Crippen LogP contribution in [-0.4, -0.2) is 30.0 Å². The average Bonchev–Trinajstić information content (AvgIpc) is 2.69. The highest BCUT2D eigenvalue weighted by atomic mass is 79.9. The van der Waals surface area contributed by atoms with E-state index in [2.05, 4.69) is 30.8 Å². The molecule has 0 radical (unpaired) electrons. The maximum atomic E-state index is 11.9. The van der Waals surface area contributed by atoms with Crippen LogP contribution in [0.1, 0.15) is 20.3 Å². The van der Waals surface area contributed by atoms with Crippen molar-refractivity contribution in [3.05, 3.63) is 12.4 Å². The summed E-state index contributed by atoms with van der Waals surface area (Å²) in [6.07, 6.45) is 3.43. The van der Waals surface area contributed by atoms with E-state index in [4.69, 9.17) is 0 Å². The first kappa shape index (κ1) is 13.7. The monoisotopic (exact) mass is 309 g/mol. The summed E-state index contributed by atoms with van der Waals surface area (Å²) in [6.45, 7) is 3.98. The Morgan fingerprint density at radius 3 is 2.69 bits per heavy atom. The molecule has 0 bridgehead atoms. The molecule has 0 saturated heterocycles.